The number of hydrogen-bond donors (Lipinski definition) is 1. The van der Waals surface area contributed by atoms with E-state index < -0.39 is 10.0 Å². The van der Waals surface area contributed by atoms with Gasteiger partial charge in [0.05, 0.1) is 4.90 Å². The maximum Gasteiger partial charge on any atom is 0.263 e. The highest BCUT2D eigenvalue weighted by molar-refractivity contribution is 7.92. The number of rotatable bonds is 3. The lowest BCUT2D eigenvalue weighted by Gasteiger charge is -2.06. The van der Waals surface area contributed by atoms with Gasteiger partial charge in [0.15, 0.2) is 5.82 Å². The molecule has 0 unspecified atom stereocenters. The Bertz CT molecular complexity index is 695. The zero-order chi connectivity index (χ0) is 13.5. The maximum atomic E-state index is 12.1. The Morgan fingerprint density at radius 3 is 2.95 bits per heavy atom. The van der Waals surface area contributed by atoms with Gasteiger partial charge in [0.1, 0.15) is 18.1 Å². The molecular weight excluding hydrogens is 268 g/mol. The second-order valence-corrected chi connectivity index (χ2v) is 6.07. The van der Waals surface area contributed by atoms with E-state index in [9.17, 15) is 8.42 Å². The zero-order valence-electron chi connectivity index (χ0n) is 10.2. The molecule has 7 heteroatoms. The lowest BCUT2D eigenvalue weighted by atomic mass is 10.1. The second kappa shape index (κ2) is 4.27. The molecule has 0 fully saturated rings. The Labute approximate surface area is 110 Å². The molecule has 1 atom stereocenters. The molecule has 0 aliphatic carbocycles. The van der Waals surface area contributed by atoms with Crippen molar-refractivity contribution in [2.24, 2.45) is 0 Å². The van der Waals surface area contributed by atoms with E-state index in [0.29, 0.717) is 6.42 Å². The highest BCUT2D eigenvalue weighted by atomic mass is 32.2. The highest BCUT2D eigenvalue weighted by Crippen LogP contribution is 2.31. The SMILES string of the molecule is C[C@@H]1Cc2cc(S(=O)(=O)Nc3ccon3)ccc2O1. The van der Waals surface area contributed by atoms with Gasteiger partial charge in [-0.2, -0.15) is 0 Å². The van der Waals surface area contributed by atoms with Crippen molar-refractivity contribution in [1.29, 1.82) is 0 Å². The van der Waals surface area contributed by atoms with E-state index in [-0.39, 0.29) is 16.8 Å². The fourth-order valence-corrected chi connectivity index (χ4v) is 3.07. The van der Waals surface area contributed by atoms with Crippen molar-refractivity contribution in [3.63, 3.8) is 0 Å². The highest BCUT2D eigenvalue weighted by Gasteiger charge is 2.23. The molecule has 1 aliphatic rings. The standard InChI is InChI=1S/C12H12N2O4S/c1-8-6-9-7-10(2-3-11(9)18-8)19(15,16)14-12-4-5-17-13-12/h2-5,7-8H,6H2,1H3,(H,13,14)/t8-/m1/s1. The molecule has 0 amide bonds. The van der Waals surface area contributed by atoms with Crippen molar-refractivity contribution in [2.75, 3.05) is 4.72 Å². The summed E-state index contributed by atoms with van der Waals surface area (Å²) in [5, 5.41) is 3.52. The predicted molar refractivity (Wildman–Crippen MR) is 67.5 cm³/mol. The van der Waals surface area contributed by atoms with E-state index in [0.717, 1.165) is 11.3 Å². The van der Waals surface area contributed by atoms with Crippen LogP contribution in [0, 0.1) is 0 Å². The number of hydrogen-bond acceptors (Lipinski definition) is 5. The molecule has 0 saturated carbocycles. The van der Waals surface area contributed by atoms with E-state index in [4.69, 9.17) is 4.74 Å². The third kappa shape index (κ3) is 2.28. The molecular formula is C12H12N2O4S. The Morgan fingerprint density at radius 1 is 1.37 bits per heavy atom. The monoisotopic (exact) mass is 280 g/mol. The van der Waals surface area contributed by atoms with Crippen molar-refractivity contribution in [1.82, 2.24) is 5.16 Å². The summed E-state index contributed by atoms with van der Waals surface area (Å²) >= 11 is 0. The molecule has 100 valence electrons. The Balaban J connectivity index is 1.92. The zero-order valence-corrected chi connectivity index (χ0v) is 11.0. The van der Waals surface area contributed by atoms with Gasteiger partial charge in [0.25, 0.3) is 10.0 Å². The van der Waals surface area contributed by atoms with Crippen LogP contribution in [0.25, 0.3) is 0 Å². The number of anilines is 1. The summed E-state index contributed by atoms with van der Waals surface area (Å²) < 4.78 is 36.8. The molecule has 0 saturated heterocycles. The maximum absolute atomic E-state index is 12.1. The molecule has 19 heavy (non-hydrogen) atoms. The number of aromatic nitrogens is 1. The van der Waals surface area contributed by atoms with Crippen molar-refractivity contribution in [2.45, 2.75) is 24.3 Å². The van der Waals surface area contributed by atoms with Gasteiger partial charge in [0.2, 0.25) is 0 Å². The van der Waals surface area contributed by atoms with Crippen molar-refractivity contribution in [3.8, 4) is 5.75 Å². The topological polar surface area (TPSA) is 81.4 Å². The number of nitrogens with one attached hydrogen (secondary N) is 1. The molecule has 1 aromatic carbocycles. The summed E-state index contributed by atoms with van der Waals surface area (Å²) in [5.74, 6) is 0.901. The van der Waals surface area contributed by atoms with Gasteiger partial charge in [-0.15, -0.1) is 0 Å². The van der Waals surface area contributed by atoms with Gasteiger partial charge in [0, 0.05) is 12.5 Å². The summed E-state index contributed by atoms with van der Waals surface area (Å²) in [4.78, 5) is 0.187. The molecule has 0 radical (unpaired) electrons. The number of nitrogens with zero attached hydrogens (tertiary/aromatic N) is 1. The predicted octanol–water partition coefficient (Wildman–Crippen LogP) is 1.80. The molecule has 2 aromatic rings. The average molecular weight is 280 g/mol. The van der Waals surface area contributed by atoms with Gasteiger partial charge in [-0.25, -0.2) is 8.42 Å². The third-order valence-electron chi connectivity index (χ3n) is 2.85. The van der Waals surface area contributed by atoms with E-state index in [1.54, 1.807) is 12.1 Å². The molecule has 1 N–H and O–H groups in total. The van der Waals surface area contributed by atoms with Gasteiger partial charge < -0.3 is 9.26 Å². The first-order valence-electron chi connectivity index (χ1n) is 5.77. The lowest BCUT2D eigenvalue weighted by molar-refractivity contribution is 0.254. The van der Waals surface area contributed by atoms with Crippen LogP contribution < -0.4 is 9.46 Å². The summed E-state index contributed by atoms with van der Waals surface area (Å²) in [7, 11) is -3.65. The van der Waals surface area contributed by atoms with Crippen LogP contribution in [-0.4, -0.2) is 19.7 Å². The van der Waals surface area contributed by atoms with Crippen LogP contribution in [0.5, 0.6) is 5.75 Å². The van der Waals surface area contributed by atoms with E-state index in [2.05, 4.69) is 14.4 Å². The second-order valence-electron chi connectivity index (χ2n) is 4.39. The molecule has 1 aromatic heterocycles. The number of sulfonamides is 1. The largest absolute Gasteiger partial charge is 0.490 e. The molecule has 0 bridgehead atoms. The Hall–Kier alpha value is -2.02. The van der Waals surface area contributed by atoms with E-state index in [1.807, 2.05) is 6.92 Å². The summed E-state index contributed by atoms with van der Waals surface area (Å²) in [6, 6.07) is 6.26. The fraction of sp³-hybridized carbons (Fsp3) is 0.250. The lowest BCUT2D eigenvalue weighted by Crippen LogP contribution is -2.13. The van der Waals surface area contributed by atoms with Crippen molar-refractivity contribution in [3.05, 3.63) is 36.1 Å². The molecule has 1 aliphatic heterocycles. The summed E-state index contributed by atoms with van der Waals surface area (Å²) in [6.45, 7) is 1.95. The van der Waals surface area contributed by atoms with Gasteiger partial charge in [-0.1, -0.05) is 5.16 Å². The van der Waals surface area contributed by atoms with Crippen LogP contribution in [-0.2, 0) is 16.4 Å². The molecule has 6 nitrogen and oxygen atoms in total. The minimum Gasteiger partial charge on any atom is -0.490 e. The Kier molecular flexibility index (Phi) is 2.70. The first-order chi connectivity index (χ1) is 9.04. The van der Waals surface area contributed by atoms with Crippen molar-refractivity contribution >= 4 is 15.8 Å². The smallest absolute Gasteiger partial charge is 0.263 e. The van der Waals surface area contributed by atoms with Gasteiger partial charge in [-0.05, 0) is 30.7 Å². The number of ether oxygens (including phenoxy) is 1. The van der Waals surface area contributed by atoms with Gasteiger partial charge in [-0.3, -0.25) is 4.72 Å². The van der Waals surface area contributed by atoms with E-state index >= 15 is 0 Å². The average Bonchev–Trinajstić information content (AvgIpc) is 2.95. The minimum absolute atomic E-state index is 0.0800. The van der Waals surface area contributed by atoms with Crippen molar-refractivity contribution < 1.29 is 17.7 Å². The van der Waals surface area contributed by atoms with Crippen LogP contribution >= 0.6 is 0 Å². The fourth-order valence-electron chi connectivity index (χ4n) is 2.03. The Morgan fingerprint density at radius 2 is 2.21 bits per heavy atom. The first kappa shape index (κ1) is 12.0. The minimum atomic E-state index is -3.65. The summed E-state index contributed by atoms with van der Waals surface area (Å²) in [6.07, 6.45) is 2.09. The van der Waals surface area contributed by atoms with Crippen LogP contribution in [0.4, 0.5) is 5.82 Å². The third-order valence-corrected chi connectivity index (χ3v) is 4.21. The summed E-state index contributed by atoms with van der Waals surface area (Å²) in [5.41, 5.74) is 0.899. The van der Waals surface area contributed by atoms with Crippen LogP contribution in [0.1, 0.15) is 12.5 Å². The number of benzene rings is 1. The quantitative estimate of drug-likeness (QED) is 0.927. The molecule has 3 rings (SSSR count). The van der Waals surface area contributed by atoms with E-state index in [1.165, 1.54) is 18.4 Å². The first-order valence-corrected chi connectivity index (χ1v) is 7.26. The van der Waals surface area contributed by atoms with Gasteiger partial charge >= 0.3 is 0 Å². The normalized spacial score (nSPS) is 17.8. The van der Waals surface area contributed by atoms with Crippen LogP contribution in [0.3, 0.4) is 0 Å². The molecule has 2 heterocycles. The molecule has 0 spiro atoms. The number of fused-ring (bicyclic) bond motifs is 1. The van der Waals surface area contributed by atoms with Crippen LogP contribution in [0.2, 0.25) is 0 Å². The van der Waals surface area contributed by atoms with Crippen LogP contribution in [0.15, 0.2) is 39.9 Å².